The van der Waals surface area contributed by atoms with Crippen LogP contribution in [-0.4, -0.2) is 37.0 Å². The number of piperidine rings is 1. The Morgan fingerprint density at radius 1 is 1.44 bits per heavy atom. The average Bonchev–Trinajstić information content (AvgIpc) is 2.59. The molecule has 0 bridgehead atoms. The summed E-state index contributed by atoms with van der Waals surface area (Å²) < 4.78 is 31.1. The molecule has 2 rings (SSSR count). The van der Waals surface area contributed by atoms with Crippen molar-refractivity contribution in [1.29, 1.82) is 0 Å². The van der Waals surface area contributed by atoms with E-state index in [-0.39, 0.29) is 23.3 Å². The molecule has 8 heteroatoms. The molecule has 1 saturated heterocycles. The zero-order chi connectivity index (χ0) is 12.6. The van der Waals surface area contributed by atoms with Gasteiger partial charge in [-0.1, -0.05) is 5.16 Å². The van der Waals surface area contributed by atoms with Crippen LogP contribution in [0.5, 0.6) is 0 Å². The SMILES string of the molecule is Cc1noc(C)c1S(=O)(=O)N1CCCC(N)C1.Cl. The fourth-order valence-electron chi connectivity index (χ4n) is 2.16. The minimum atomic E-state index is -3.52. The van der Waals surface area contributed by atoms with Gasteiger partial charge in [0.15, 0.2) is 5.76 Å². The second-order valence-electron chi connectivity index (χ2n) is 4.42. The lowest BCUT2D eigenvalue weighted by molar-refractivity contribution is 0.315. The van der Waals surface area contributed by atoms with Gasteiger partial charge in [0.05, 0.1) is 0 Å². The van der Waals surface area contributed by atoms with Crippen molar-refractivity contribution in [2.24, 2.45) is 5.73 Å². The van der Waals surface area contributed by atoms with Crippen LogP contribution in [0.2, 0.25) is 0 Å². The summed E-state index contributed by atoms with van der Waals surface area (Å²) in [6, 6.07) is -0.0843. The molecule has 1 aliphatic rings. The van der Waals surface area contributed by atoms with Crippen LogP contribution in [0.25, 0.3) is 0 Å². The number of sulfonamides is 1. The Morgan fingerprint density at radius 3 is 2.61 bits per heavy atom. The Labute approximate surface area is 113 Å². The quantitative estimate of drug-likeness (QED) is 0.872. The summed E-state index contributed by atoms with van der Waals surface area (Å²) in [6.45, 7) is 4.12. The molecular weight excluding hydrogens is 278 g/mol. The molecule has 0 aliphatic carbocycles. The molecule has 1 fully saturated rings. The third-order valence-electron chi connectivity index (χ3n) is 2.99. The van der Waals surface area contributed by atoms with Crippen molar-refractivity contribution in [3.8, 4) is 0 Å². The molecule has 6 nitrogen and oxygen atoms in total. The van der Waals surface area contributed by atoms with Crippen molar-refractivity contribution in [3.05, 3.63) is 11.5 Å². The Bertz CT molecular complexity index is 495. The maximum atomic E-state index is 12.4. The molecule has 1 unspecified atom stereocenters. The Morgan fingerprint density at radius 2 is 2.11 bits per heavy atom. The lowest BCUT2D eigenvalue weighted by Gasteiger charge is -2.29. The zero-order valence-electron chi connectivity index (χ0n) is 10.4. The standard InChI is InChI=1S/C10H17N3O3S.ClH/c1-7-10(8(2)16-12-7)17(14,15)13-5-3-4-9(11)6-13;/h9H,3-6,11H2,1-2H3;1H. The van der Waals surface area contributed by atoms with Crippen LogP contribution in [-0.2, 0) is 10.0 Å². The van der Waals surface area contributed by atoms with Crippen molar-refractivity contribution in [1.82, 2.24) is 9.46 Å². The van der Waals surface area contributed by atoms with Gasteiger partial charge in [-0.3, -0.25) is 0 Å². The molecule has 1 aromatic heterocycles. The van der Waals surface area contributed by atoms with Gasteiger partial charge in [-0.05, 0) is 26.7 Å². The van der Waals surface area contributed by atoms with Crippen molar-refractivity contribution in [3.63, 3.8) is 0 Å². The number of halogens is 1. The van der Waals surface area contributed by atoms with E-state index in [2.05, 4.69) is 5.16 Å². The fraction of sp³-hybridized carbons (Fsp3) is 0.700. The van der Waals surface area contributed by atoms with Gasteiger partial charge in [0.2, 0.25) is 10.0 Å². The highest BCUT2D eigenvalue weighted by atomic mass is 35.5. The van der Waals surface area contributed by atoms with Crippen LogP contribution in [0.15, 0.2) is 9.42 Å². The van der Waals surface area contributed by atoms with E-state index in [0.29, 0.717) is 24.5 Å². The number of nitrogens with two attached hydrogens (primary N) is 1. The minimum Gasteiger partial charge on any atom is -0.360 e. The van der Waals surface area contributed by atoms with Gasteiger partial charge >= 0.3 is 0 Å². The minimum absolute atomic E-state index is 0. The lowest BCUT2D eigenvalue weighted by Crippen LogP contribution is -2.45. The highest BCUT2D eigenvalue weighted by Crippen LogP contribution is 2.25. The molecular formula is C10H18ClN3O3S. The number of aryl methyl sites for hydroxylation is 2. The maximum Gasteiger partial charge on any atom is 0.248 e. The second-order valence-corrected chi connectivity index (χ2v) is 6.29. The summed E-state index contributed by atoms with van der Waals surface area (Å²) in [4.78, 5) is 0.187. The zero-order valence-corrected chi connectivity index (χ0v) is 12.1. The fourth-order valence-corrected chi connectivity index (χ4v) is 3.99. The Kier molecular flexibility index (Phi) is 4.77. The highest BCUT2D eigenvalue weighted by Gasteiger charge is 2.33. The molecule has 0 radical (unpaired) electrons. The molecule has 1 aromatic rings. The van der Waals surface area contributed by atoms with Crippen molar-refractivity contribution >= 4 is 22.4 Å². The van der Waals surface area contributed by atoms with Gasteiger partial charge in [-0.2, -0.15) is 4.31 Å². The van der Waals surface area contributed by atoms with Gasteiger partial charge in [-0.15, -0.1) is 12.4 Å². The van der Waals surface area contributed by atoms with Crippen LogP contribution in [0, 0.1) is 13.8 Å². The van der Waals surface area contributed by atoms with E-state index in [0.717, 1.165) is 12.8 Å². The largest absolute Gasteiger partial charge is 0.360 e. The van der Waals surface area contributed by atoms with E-state index >= 15 is 0 Å². The number of hydrogen-bond donors (Lipinski definition) is 1. The topological polar surface area (TPSA) is 89.4 Å². The molecule has 2 N–H and O–H groups in total. The van der Waals surface area contributed by atoms with Gasteiger partial charge in [0.25, 0.3) is 0 Å². The number of rotatable bonds is 2. The van der Waals surface area contributed by atoms with Crippen molar-refractivity contribution in [2.75, 3.05) is 13.1 Å². The third kappa shape index (κ3) is 2.69. The number of aromatic nitrogens is 1. The van der Waals surface area contributed by atoms with Crippen LogP contribution >= 0.6 is 12.4 Å². The predicted octanol–water partition coefficient (Wildman–Crippen LogP) is 0.825. The first-order valence-electron chi connectivity index (χ1n) is 5.61. The summed E-state index contributed by atoms with van der Waals surface area (Å²) in [6.07, 6.45) is 1.66. The van der Waals surface area contributed by atoms with E-state index in [1.54, 1.807) is 13.8 Å². The lowest BCUT2D eigenvalue weighted by atomic mass is 10.1. The maximum absolute atomic E-state index is 12.4. The predicted molar refractivity (Wildman–Crippen MR) is 69.2 cm³/mol. The normalized spacial score (nSPS) is 21.6. The van der Waals surface area contributed by atoms with E-state index in [9.17, 15) is 8.42 Å². The van der Waals surface area contributed by atoms with Gasteiger partial charge in [-0.25, -0.2) is 8.42 Å². The van der Waals surface area contributed by atoms with Gasteiger partial charge < -0.3 is 10.3 Å². The molecule has 1 aliphatic heterocycles. The molecule has 0 saturated carbocycles. The van der Waals surface area contributed by atoms with Crippen LogP contribution in [0.3, 0.4) is 0 Å². The van der Waals surface area contributed by atoms with E-state index < -0.39 is 10.0 Å². The molecule has 18 heavy (non-hydrogen) atoms. The smallest absolute Gasteiger partial charge is 0.248 e. The second kappa shape index (κ2) is 5.56. The van der Waals surface area contributed by atoms with Crippen molar-refractivity contribution < 1.29 is 12.9 Å². The molecule has 0 amide bonds. The van der Waals surface area contributed by atoms with Crippen molar-refractivity contribution in [2.45, 2.75) is 37.6 Å². The summed E-state index contributed by atoms with van der Waals surface area (Å²) in [7, 11) is -3.52. The van der Waals surface area contributed by atoms with E-state index in [1.807, 2.05) is 0 Å². The number of hydrogen-bond acceptors (Lipinski definition) is 5. The van der Waals surface area contributed by atoms with E-state index in [1.165, 1.54) is 4.31 Å². The highest BCUT2D eigenvalue weighted by molar-refractivity contribution is 7.89. The average molecular weight is 296 g/mol. The monoisotopic (exact) mass is 295 g/mol. The first-order chi connectivity index (χ1) is 7.93. The summed E-state index contributed by atoms with van der Waals surface area (Å²) in [5, 5.41) is 3.68. The Balaban J connectivity index is 0.00000162. The third-order valence-corrected chi connectivity index (χ3v) is 5.10. The first kappa shape index (κ1) is 15.4. The molecule has 1 atom stereocenters. The van der Waals surface area contributed by atoms with Crippen LogP contribution in [0.1, 0.15) is 24.3 Å². The summed E-state index contributed by atoms with van der Waals surface area (Å²) in [5.41, 5.74) is 6.21. The molecule has 104 valence electrons. The first-order valence-corrected chi connectivity index (χ1v) is 7.05. The molecule has 0 spiro atoms. The van der Waals surface area contributed by atoms with Crippen LogP contribution in [0.4, 0.5) is 0 Å². The molecule has 0 aromatic carbocycles. The van der Waals surface area contributed by atoms with Gasteiger partial charge in [0.1, 0.15) is 10.6 Å². The number of nitrogens with zero attached hydrogens (tertiary/aromatic N) is 2. The Hall–Kier alpha value is -0.630. The van der Waals surface area contributed by atoms with Gasteiger partial charge in [0, 0.05) is 19.1 Å². The molecule has 2 heterocycles. The van der Waals surface area contributed by atoms with E-state index in [4.69, 9.17) is 10.3 Å². The summed E-state index contributed by atoms with van der Waals surface area (Å²) >= 11 is 0. The summed E-state index contributed by atoms with van der Waals surface area (Å²) in [5.74, 6) is 0.335. The van der Waals surface area contributed by atoms with Crippen LogP contribution < -0.4 is 5.73 Å².